The van der Waals surface area contributed by atoms with Gasteiger partial charge in [-0.3, -0.25) is 14.4 Å². The molecule has 1 heterocycles. The third kappa shape index (κ3) is 2.30. The summed E-state index contributed by atoms with van der Waals surface area (Å²) in [7, 11) is 0. The summed E-state index contributed by atoms with van der Waals surface area (Å²) >= 11 is 0. The molecule has 1 aliphatic heterocycles. The van der Waals surface area contributed by atoms with Gasteiger partial charge in [0.15, 0.2) is 5.78 Å². The van der Waals surface area contributed by atoms with Crippen LogP contribution in [0.4, 0.5) is 0 Å². The molecule has 0 N–H and O–H groups in total. The van der Waals surface area contributed by atoms with Gasteiger partial charge in [-0.1, -0.05) is 6.92 Å². The summed E-state index contributed by atoms with van der Waals surface area (Å²) in [6.45, 7) is 2.43. The van der Waals surface area contributed by atoms with Crippen LogP contribution >= 0.6 is 0 Å². The lowest BCUT2D eigenvalue weighted by Gasteiger charge is -2.24. The van der Waals surface area contributed by atoms with E-state index in [2.05, 4.69) is 0 Å². The average Bonchev–Trinajstić information content (AvgIpc) is 2.09. The lowest BCUT2D eigenvalue weighted by atomic mass is 10.2. The maximum atomic E-state index is 11.1. The average molecular weight is 171 g/mol. The monoisotopic (exact) mass is 171 g/mol. The molecular formula is C8H13NO3. The molecule has 1 fully saturated rings. The van der Waals surface area contributed by atoms with E-state index in [1.54, 1.807) is 6.92 Å². The van der Waals surface area contributed by atoms with Crippen LogP contribution in [0.2, 0.25) is 0 Å². The Morgan fingerprint density at radius 1 is 1.67 bits per heavy atom. The summed E-state index contributed by atoms with van der Waals surface area (Å²) in [5.41, 5.74) is 0. The van der Waals surface area contributed by atoms with E-state index in [0.717, 1.165) is 6.42 Å². The lowest BCUT2D eigenvalue weighted by molar-refractivity contribution is -0.198. The highest BCUT2D eigenvalue weighted by Gasteiger charge is 2.20. The van der Waals surface area contributed by atoms with Crippen molar-refractivity contribution in [1.82, 2.24) is 5.06 Å². The van der Waals surface area contributed by atoms with Gasteiger partial charge >= 0.3 is 0 Å². The quantitative estimate of drug-likeness (QED) is 0.622. The fourth-order valence-corrected chi connectivity index (χ4v) is 1.00. The molecule has 0 aliphatic carbocycles. The molecule has 0 aromatic carbocycles. The summed E-state index contributed by atoms with van der Waals surface area (Å²) in [6, 6.07) is 0. The summed E-state index contributed by atoms with van der Waals surface area (Å²) in [5.74, 6) is -0.0479. The number of nitrogens with zero attached hydrogens (tertiary/aromatic N) is 1. The summed E-state index contributed by atoms with van der Waals surface area (Å²) in [5, 5.41) is 1.18. The van der Waals surface area contributed by atoms with Crippen molar-refractivity contribution in [3.63, 3.8) is 0 Å². The maximum Gasteiger partial charge on any atom is 0.246 e. The van der Waals surface area contributed by atoms with E-state index < -0.39 is 0 Å². The van der Waals surface area contributed by atoms with Crippen molar-refractivity contribution in [3.8, 4) is 0 Å². The Morgan fingerprint density at radius 2 is 2.42 bits per heavy atom. The molecule has 1 amide bonds. The molecule has 1 rings (SSSR count). The number of Topliss-reactive ketones (excluding diaryl/α,β-unsaturated/α-hetero) is 1. The van der Waals surface area contributed by atoms with Gasteiger partial charge in [0.1, 0.15) is 6.54 Å². The summed E-state index contributed by atoms with van der Waals surface area (Å²) in [4.78, 5) is 27.1. The molecule has 1 saturated heterocycles. The van der Waals surface area contributed by atoms with Crippen molar-refractivity contribution in [2.24, 2.45) is 0 Å². The molecule has 0 saturated carbocycles. The highest BCUT2D eigenvalue weighted by Crippen LogP contribution is 2.07. The first kappa shape index (κ1) is 9.19. The van der Waals surface area contributed by atoms with Gasteiger partial charge in [-0.25, -0.2) is 5.06 Å². The van der Waals surface area contributed by atoms with Crippen molar-refractivity contribution in [3.05, 3.63) is 0 Å². The molecule has 4 heteroatoms. The lowest BCUT2D eigenvalue weighted by Crippen LogP contribution is -2.38. The number of hydrogen-bond donors (Lipinski definition) is 0. The van der Waals surface area contributed by atoms with E-state index in [1.165, 1.54) is 5.06 Å². The minimum absolute atomic E-state index is 0.0326. The number of rotatable bonds is 3. The Balaban J connectivity index is 2.39. The third-order valence-electron chi connectivity index (χ3n) is 1.77. The minimum Gasteiger partial charge on any atom is -0.298 e. The van der Waals surface area contributed by atoms with Gasteiger partial charge < -0.3 is 0 Å². The van der Waals surface area contributed by atoms with Gasteiger partial charge in [0.2, 0.25) is 5.91 Å². The molecule has 0 spiro atoms. The number of ketones is 1. The van der Waals surface area contributed by atoms with Gasteiger partial charge in [-0.2, -0.15) is 0 Å². The smallest absolute Gasteiger partial charge is 0.246 e. The molecule has 0 aromatic heterocycles. The van der Waals surface area contributed by atoms with E-state index in [0.29, 0.717) is 19.4 Å². The summed E-state index contributed by atoms with van der Waals surface area (Å²) < 4.78 is 0. The van der Waals surface area contributed by atoms with Crippen LogP contribution in [0.1, 0.15) is 26.2 Å². The first-order chi connectivity index (χ1) is 5.74. The zero-order chi connectivity index (χ0) is 8.97. The molecular weight excluding hydrogens is 158 g/mol. The first-order valence-corrected chi connectivity index (χ1v) is 4.19. The Labute approximate surface area is 71.4 Å². The van der Waals surface area contributed by atoms with Crippen LogP contribution in [-0.4, -0.2) is 29.9 Å². The second kappa shape index (κ2) is 4.21. The van der Waals surface area contributed by atoms with Crippen LogP contribution in [0.25, 0.3) is 0 Å². The highest BCUT2D eigenvalue weighted by molar-refractivity contribution is 5.85. The fraction of sp³-hybridized carbons (Fsp3) is 0.750. The molecule has 4 nitrogen and oxygen atoms in total. The van der Waals surface area contributed by atoms with E-state index >= 15 is 0 Å². The number of amides is 1. The largest absolute Gasteiger partial charge is 0.298 e. The SMILES string of the molecule is CCC(=O)CN1OCCCC1=O. The van der Waals surface area contributed by atoms with Crippen LogP contribution in [0.3, 0.4) is 0 Å². The van der Waals surface area contributed by atoms with Crippen LogP contribution in [0, 0.1) is 0 Å². The molecule has 68 valence electrons. The molecule has 0 bridgehead atoms. The maximum absolute atomic E-state index is 11.1. The van der Waals surface area contributed by atoms with Crippen molar-refractivity contribution < 1.29 is 14.4 Å². The van der Waals surface area contributed by atoms with Gasteiger partial charge in [0, 0.05) is 12.8 Å². The fourth-order valence-electron chi connectivity index (χ4n) is 1.00. The standard InChI is InChI=1S/C8H13NO3/c1-2-7(10)6-9-8(11)4-3-5-12-9/h2-6H2,1H3. The molecule has 0 radical (unpaired) electrons. The van der Waals surface area contributed by atoms with Gasteiger partial charge in [-0.15, -0.1) is 0 Å². The highest BCUT2D eigenvalue weighted by atomic mass is 16.7. The zero-order valence-electron chi connectivity index (χ0n) is 7.21. The Kier molecular flexibility index (Phi) is 3.22. The van der Waals surface area contributed by atoms with Gasteiger partial charge in [-0.05, 0) is 6.42 Å². The van der Waals surface area contributed by atoms with E-state index in [9.17, 15) is 9.59 Å². The molecule has 1 aliphatic rings. The Morgan fingerprint density at radius 3 is 3.00 bits per heavy atom. The minimum atomic E-state index is -0.0805. The topological polar surface area (TPSA) is 46.6 Å². The van der Waals surface area contributed by atoms with Crippen LogP contribution in [0.15, 0.2) is 0 Å². The van der Waals surface area contributed by atoms with Crippen molar-refractivity contribution in [2.75, 3.05) is 13.2 Å². The second-order valence-electron chi connectivity index (χ2n) is 2.76. The van der Waals surface area contributed by atoms with Gasteiger partial charge in [0.05, 0.1) is 6.61 Å². The normalized spacial score (nSPS) is 18.1. The molecule has 0 atom stereocenters. The van der Waals surface area contributed by atoms with E-state index in [4.69, 9.17) is 4.84 Å². The first-order valence-electron chi connectivity index (χ1n) is 4.19. The third-order valence-corrected chi connectivity index (χ3v) is 1.77. The molecule has 12 heavy (non-hydrogen) atoms. The van der Waals surface area contributed by atoms with Crippen LogP contribution in [-0.2, 0) is 14.4 Å². The number of hydroxylamine groups is 2. The predicted molar refractivity (Wildman–Crippen MR) is 42.2 cm³/mol. The molecule has 0 aromatic rings. The van der Waals surface area contributed by atoms with Crippen molar-refractivity contribution >= 4 is 11.7 Å². The van der Waals surface area contributed by atoms with Crippen molar-refractivity contribution in [2.45, 2.75) is 26.2 Å². The van der Waals surface area contributed by atoms with Crippen LogP contribution in [0.5, 0.6) is 0 Å². The van der Waals surface area contributed by atoms with E-state index in [-0.39, 0.29) is 18.2 Å². The second-order valence-corrected chi connectivity index (χ2v) is 2.76. The van der Waals surface area contributed by atoms with Gasteiger partial charge in [0.25, 0.3) is 0 Å². The Hall–Kier alpha value is -0.900. The summed E-state index contributed by atoms with van der Waals surface area (Å²) in [6.07, 6.45) is 1.71. The predicted octanol–water partition coefficient (Wildman–Crippen LogP) is 0.520. The molecule has 0 unspecified atom stereocenters. The van der Waals surface area contributed by atoms with Crippen LogP contribution < -0.4 is 0 Å². The number of hydrogen-bond acceptors (Lipinski definition) is 3. The Bertz CT molecular complexity index is 191. The number of carbonyl (C=O) groups excluding carboxylic acids is 2. The van der Waals surface area contributed by atoms with E-state index in [1.807, 2.05) is 0 Å². The number of carbonyl (C=O) groups is 2. The zero-order valence-corrected chi connectivity index (χ0v) is 7.21. The van der Waals surface area contributed by atoms with Crippen molar-refractivity contribution in [1.29, 1.82) is 0 Å².